The van der Waals surface area contributed by atoms with Crippen LogP contribution in [0.5, 0.6) is 0 Å². The first-order valence-corrected chi connectivity index (χ1v) is 5.45. The molecular weight excluding hydrogens is 178 g/mol. The molecular formula is C11H19NO2. The summed E-state index contributed by atoms with van der Waals surface area (Å²) in [5, 5.41) is 8.97. The molecule has 14 heavy (non-hydrogen) atoms. The van der Waals surface area contributed by atoms with Gasteiger partial charge in [0.15, 0.2) is 0 Å². The molecule has 1 aliphatic carbocycles. The Kier molecular flexibility index (Phi) is 2.30. The summed E-state index contributed by atoms with van der Waals surface area (Å²) in [6, 6.07) is 0. The van der Waals surface area contributed by atoms with Gasteiger partial charge in [-0.05, 0) is 44.2 Å². The summed E-state index contributed by atoms with van der Waals surface area (Å²) in [5.74, 6) is -0.0675. The molecule has 1 unspecified atom stereocenters. The standard InChI is InChI=1S/C11H19NO2/c1-11(6-9(11)10(13)14)8-4-3-5-12(2)7-8/h8-9H,3-7H2,1-2H3,(H,13,14)/t8?,9-,11-/m1/s1. The first-order chi connectivity index (χ1) is 6.54. The fourth-order valence-electron chi connectivity index (χ4n) is 2.91. The van der Waals surface area contributed by atoms with E-state index in [9.17, 15) is 4.79 Å². The molecule has 0 bridgehead atoms. The number of carboxylic acid groups (broad SMARTS) is 1. The van der Waals surface area contributed by atoms with E-state index in [1.807, 2.05) is 0 Å². The smallest absolute Gasteiger partial charge is 0.307 e. The van der Waals surface area contributed by atoms with Crippen LogP contribution in [0, 0.1) is 17.3 Å². The largest absolute Gasteiger partial charge is 0.481 e. The number of hydrogen-bond donors (Lipinski definition) is 1. The molecule has 2 rings (SSSR count). The zero-order valence-corrected chi connectivity index (χ0v) is 8.99. The zero-order chi connectivity index (χ0) is 10.3. The summed E-state index contributed by atoms with van der Waals surface area (Å²) < 4.78 is 0. The van der Waals surface area contributed by atoms with E-state index >= 15 is 0 Å². The van der Waals surface area contributed by atoms with E-state index in [1.165, 1.54) is 19.4 Å². The van der Waals surface area contributed by atoms with Gasteiger partial charge in [0.25, 0.3) is 0 Å². The van der Waals surface area contributed by atoms with Crippen LogP contribution in [0.15, 0.2) is 0 Å². The molecule has 1 N–H and O–H groups in total. The van der Waals surface area contributed by atoms with Gasteiger partial charge in [0.1, 0.15) is 0 Å². The lowest BCUT2D eigenvalue weighted by atomic mass is 9.82. The maximum Gasteiger partial charge on any atom is 0.307 e. The van der Waals surface area contributed by atoms with Crippen LogP contribution in [0.25, 0.3) is 0 Å². The van der Waals surface area contributed by atoms with Crippen molar-refractivity contribution in [3.63, 3.8) is 0 Å². The number of hydrogen-bond acceptors (Lipinski definition) is 2. The number of piperidine rings is 1. The normalized spacial score (nSPS) is 43.6. The summed E-state index contributed by atoms with van der Waals surface area (Å²) in [6.07, 6.45) is 3.33. The first kappa shape index (κ1) is 9.97. The predicted molar refractivity (Wildman–Crippen MR) is 54.1 cm³/mol. The Hall–Kier alpha value is -0.570. The Labute approximate surface area is 85.1 Å². The van der Waals surface area contributed by atoms with Crippen LogP contribution in [0.2, 0.25) is 0 Å². The average Bonchev–Trinajstić information content (AvgIpc) is 2.80. The van der Waals surface area contributed by atoms with Gasteiger partial charge in [-0.1, -0.05) is 6.92 Å². The summed E-state index contributed by atoms with van der Waals surface area (Å²) >= 11 is 0. The van der Waals surface area contributed by atoms with Gasteiger partial charge in [-0.2, -0.15) is 0 Å². The van der Waals surface area contributed by atoms with Crippen molar-refractivity contribution >= 4 is 5.97 Å². The lowest BCUT2D eigenvalue weighted by molar-refractivity contribution is -0.139. The Morgan fingerprint density at radius 3 is 2.79 bits per heavy atom. The van der Waals surface area contributed by atoms with Crippen LogP contribution in [-0.4, -0.2) is 36.1 Å². The Bertz CT molecular complexity index is 254. The van der Waals surface area contributed by atoms with Crippen LogP contribution in [0.1, 0.15) is 26.2 Å². The highest BCUT2D eigenvalue weighted by molar-refractivity contribution is 5.74. The third kappa shape index (κ3) is 1.54. The van der Waals surface area contributed by atoms with Gasteiger partial charge in [0.2, 0.25) is 0 Å². The Morgan fingerprint density at radius 1 is 1.57 bits per heavy atom. The monoisotopic (exact) mass is 197 g/mol. The minimum atomic E-state index is -0.597. The predicted octanol–water partition coefficient (Wildman–Crippen LogP) is 1.44. The number of nitrogens with zero attached hydrogens (tertiary/aromatic N) is 1. The topological polar surface area (TPSA) is 40.5 Å². The second-order valence-electron chi connectivity index (χ2n) is 5.20. The van der Waals surface area contributed by atoms with Crippen LogP contribution in [-0.2, 0) is 4.79 Å². The van der Waals surface area contributed by atoms with Gasteiger partial charge in [0.05, 0.1) is 5.92 Å². The van der Waals surface area contributed by atoms with E-state index in [1.54, 1.807) is 0 Å². The molecule has 3 atom stereocenters. The SMILES string of the molecule is CN1CCCC([C@@]2(C)C[C@@H]2C(=O)O)C1. The third-order valence-corrected chi connectivity index (χ3v) is 4.14. The van der Waals surface area contributed by atoms with Crippen molar-refractivity contribution in [3.05, 3.63) is 0 Å². The van der Waals surface area contributed by atoms with Crippen LogP contribution < -0.4 is 0 Å². The van der Waals surface area contributed by atoms with E-state index in [4.69, 9.17) is 5.11 Å². The molecule has 1 saturated carbocycles. The molecule has 0 amide bonds. The van der Waals surface area contributed by atoms with Gasteiger partial charge in [-0.15, -0.1) is 0 Å². The number of carbonyl (C=O) groups is 1. The molecule has 0 aromatic heterocycles. The van der Waals surface area contributed by atoms with Crippen molar-refractivity contribution in [2.75, 3.05) is 20.1 Å². The van der Waals surface area contributed by atoms with Crippen molar-refractivity contribution in [1.29, 1.82) is 0 Å². The van der Waals surface area contributed by atoms with Crippen molar-refractivity contribution in [1.82, 2.24) is 4.90 Å². The van der Waals surface area contributed by atoms with Gasteiger partial charge in [-0.25, -0.2) is 0 Å². The minimum Gasteiger partial charge on any atom is -0.481 e. The lowest BCUT2D eigenvalue weighted by Gasteiger charge is -2.34. The fraction of sp³-hybridized carbons (Fsp3) is 0.909. The van der Waals surface area contributed by atoms with Crippen molar-refractivity contribution in [2.24, 2.45) is 17.3 Å². The molecule has 1 aliphatic heterocycles. The number of carboxylic acids is 1. The summed E-state index contributed by atoms with van der Waals surface area (Å²) in [5.41, 5.74) is 0.0977. The number of likely N-dealkylation sites (tertiary alicyclic amines) is 1. The Balaban J connectivity index is 1.99. The molecule has 1 heterocycles. The van der Waals surface area contributed by atoms with E-state index in [0.29, 0.717) is 5.92 Å². The van der Waals surface area contributed by atoms with Gasteiger partial charge in [0, 0.05) is 6.54 Å². The second-order valence-corrected chi connectivity index (χ2v) is 5.20. The highest BCUT2D eigenvalue weighted by atomic mass is 16.4. The van der Waals surface area contributed by atoms with E-state index < -0.39 is 5.97 Å². The maximum atomic E-state index is 10.9. The minimum absolute atomic E-state index is 0.0704. The lowest BCUT2D eigenvalue weighted by Crippen LogP contribution is -2.36. The van der Waals surface area contributed by atoms with Gasteiger partial charge in [-0.3, -0.25) is 4.79 Å². The van der Waals surface area contributed by atoms with Crippen LogP contribution >= 0.6 is 0 Å². The molecule has 0 aromatic rings. The maximum absolute atomic E-state index is 10.9. The summed E-state index contributed by atoms with van der Waals surface area (Å²) in [4.78, 5) is 13.2. The molecule has 0 radical (unpaired) electrons. The van der Waals surface area contributed by atoms with Crippen LogP contribution in [0.4, 0.5) is 0 Å². The summed E-state index contributed by atoms with van der Waals surface area (Å²) in [6.45, 7) is 4.40. The number of rotatable bonds is 2. The number of aliphatic carboxylic acids is 1. The van der Waals surface area contributed by atoms with Crippen LogP contribution in [0.3, 0.4) is 0 Å². The first-order valence-electron chi connectivity index (χ1n) is 5.45. The van der Waals surface area contributed by atoms with E-state index in [2.05, 4.69) is 18.9 Å². The van der Waals surface area contributed by atoms with Gasteiger partial charge >= 0.3 is 5.97 Å². The summed E-state index contributed by atoms with van der Waals surface area (Å²) in [7, 11) is 2.13. The second kappa shape index (κ2) is 3.23. The molecule has 0 spiro atoms. The van der Waals surface area contributed by atoms with E-state index in [0.717, 1.165) is 13.0 Å². The molecule has 3 heteroatoms. The molecule has 3 nitrogen and oxygen atoms in total. The van der Waals surface area contributed by atoms with Crippen molar-refractivity contribution in [3.8, 4) is 0 Å². The highest BCUT2D eigenvalue weighted by Gasteiger charge is 2.59. The zero-order valence-electron chi connectivity index (χ0n) is 8.99. The molecule has 80 valence electrons. The Morgan fingerprint density at radius 2 is 2.29 bits per heavy atom. The molecule has 2 fully saturated rings. The fourth-order valence-corrected chi connectivity index (χ4v) is 2.91. The van der Waals surface area contributed by atoms with Gasteiger partial charge < -0.3 is 10.0 Å². The molecule has 0 aromatic carbocycles. The van der Waals surface area contributed by atoms with Crippen molar-refractivity contribution < 1.29 is 9.90 Å². The third-order valence-electron chi connectivity index (χ3n) is 4.14. The quantitative estimate of drug-likeness (QED) is 0.728. The van der Waals surface area contributed by atoms with E-state index in [-0.39, 0.29) is 11.3 Å². The highest BCUT2D eigenvalue weighted by Crippen LogP contribution is 2.59. The molecule has 1 saturated heterocycles. The van der Waals surface area contributed by atoms with Crippen molar-refractivity contribution in [2.45, 2.75) is 26.2 Å². The molecule has 2 aliphatic rings. The average molecular weight is 197 g/mol.